The Bertz CT molecular complexity index is 5050. The van der Waals surface area contributed by atoms with Crippen molar-refractivity contribution in [2.75, 3.05) is 52.9 Å². The number of aryl methyl sites for hydroxylation is 8. The number of aldehydes is 6. The van der Waals surface area contributed by atoms with Crippen LogP contribution >= 0.6 is 31.9 Å². The number of ether oxygens (including phenoxy) is 7. The van der Waals surface area contributed by atoms with E-state index >= 15 is 0 Å². The van der Waals surface area contributed by atoms with Gasteiger partial charge in [0.1, 0.15) is 34.6 Å². The number of rotatable bonds is 65. The second kappa shape index (κ2) is 89.9. The largest absolute Gasteiger partial charge is 0.458 e. The number of unbranched alkanes of at least 4 members (excludes halogenated alkanes) is 15. The highest BCUT2D eigenvalue weighted by Crippen LogP contribution is 2.32. The molecule has 147 heavy (non-hydrogen) atoms. The molecule has 19 nitrogen and oxygen atoms in total. The van der Waals surface area contributed by atoms with Gasteiger partial charge in [0, 0.05) is 88.2 Å². The summed E-state index contributed by atoms with van der Waals surface area (Å²) in [4.78, 5) is 64.0. The Morgan fingerprint density at radius 2 is 0.626 bits per heavy atom. The fraction of sp³-hybridized carbons (Fsp3) is 0.492. The summed E-state index contributed by atoms with van der Waals surface area (Å²) in [6.45, 7) is 46.0. The fourth-order valence-electron chi connectivity index (χ4n) is 14.6. The zero-order chi connectivity index (χ0) is 108. The zero-order valence-corrected chi connectivity index (χ0v) is 94.8. The van der Waals surface area contributed by atoms with E-state index in [4.69, 9.17) is 59.7 Å². The third-order valence-electron chi connectivity index (χ3n) is 23.2. The molecule has 0 amide bonds. The number of allylic oxidation sites excluding steroid dienone is 1. The van der Waals surface area contributed by atoms with E-state index in [1.165, 1.54) is 131 Å². The van der Waals surface area contributed by atoms with Gasteiger partial charge in [0.15, 0.2) is 72.3 Å². The maximum absolute atomic E-state index is 11.0. The number of benzene rings is 5. The second-order valence-corrected chi connectivity index (χ2v) is 37.2. The summed E-state index contributed by atoms with van der Waals surface area (Å²) in [5.74, 6) is 8.23. The minimum absolute atomic E-state index is 0.0993. The van der Waals surface area contributed by atoms with Crippen LogP contribution in [-0.4, -0.2) is 109 Å². The molecular formula is C126H178Br2O19. The molecule has 0 fully saturated rings. The van der Waals surface area contributed by atoms with Crippen LogP contribution in [-0.2, 0) is 91.5 Å². The second-order valence-electron chi connectivity index (χ2n) is 35.5. The van der Waals surface area contributed by atoms with Crippen LogP contribution in [0.2, 0.25) is 0 Å². The molecule has 0 bridgehead atoms. The number of halogens is 2. The van der Waals surface area contributed by atoms with Crippen LogP contribution in [0.1, 0.15) is 383 Å². The van der Waals surface area contributed by atoms with E-state index in [9.17, 15) is 28.8 Å². The van der Waals surface area contributed by atoms with E-state index in [0.29, 0.717) is 113 Å². The van der Waals surface area contributed by atoms with E-state index in [-0.39, 0.29) is 18.3 Å². The monoisotopic (exact) mass is 2150 g/mol. The molecule has 6 heterocycles. The molecular weight excluding hydrogens is 1980 g/mol. The van der Waals surface area contributed by atoms with Crippen molar-refractivity contribution < 1.29 is 88.4 Å². The van der Waals surface area contributed by atoms with Crippen LogP contribution in [0.15, 0.2) is 249 Å². The van der Waals surface area contributed by atoms with Crippen LogP contribution in [0.25, 0.3) is 22.3 Å². The van der Waals surface area contributed by atoms with E-state index in [1.807, 2.05) is 125 Å². The summed E-state index contributed by atoms with van der Waals surface area (Å²) >= 11 is 6.78. The van der Waals surface area contributed by atoms with E-state index in [1.54, 1.807) is 30.3 Å². The number of furan rings is 6. The van der Waals surface area contributed by atoms with Crippen molar-refractivity contribution in [1.29, 1.82) is 0 Å². The van der Waals surface area contributed by atoms with Crippen molar-refractivity contribution in [3.63, 3.8) is 0 Å². The molecule has 11 aromatic rings. The predicted molar refractivity (Wildman–Crippen MR) is 609 cm³/mol. The Balaban J connectivity index is 0.000000574. The van der Waals surface area contributed by atoms with Crippen molar-refractivity contribution in [2.45, 2.75) is 347 Å². The first-order valence-electron chi connectivity index (χ1n) is 54.2. The molecule has 0 N–H and O–H groups in total. The topological polar surface area (TPSA) is 246 Å². The summed E-state index contributed by atoms with van der Waals surface area (Å²) in [5.41, 5.74) is 10.3. The number of hydrogen-bond acceptors (Lipinski definition) is 19. The minimum Gasteiger partial charge on any atom is -0.458 e. The molecule has 11 rings (SSSR count). The van der Waals surface area contributed by atoms with Crippen LogP contribution < -0.4 is 0 Å². The average molecular weight is 2160 g/mol. The third kappa shape index (κ3) is 62.9. The highest BCUT2D eigenvalue weighted by atomic mass is 79.9. The summed E-state index contributed by atoms with van der Waals surface area (Å²) in [5, 5.41) is 0. The van der Waals surface area contributed by atoms with Crippen molar-refractivity contribution in [3.8, 4) is 22.3 Å². The van der Waals surface area contributed by atoms with E-state index < -0.39 is 0 Å². The smallest absolute Gasteiger partial charge is 0.185 e. The van der Waals surface area contributed by atoms with Crippen LogP contribution in [0.5, 0.6) is 0 Å². The van der Waals surface area contributed by atoms with Gasteiger partial charge in [-0.05, 0) is 186 Å². The van der Waals surface area contributed by atoms with Crippen LogP contribution in [0.4, 0.5) is 0 Å². The highest BCUT2D eigenvalue weighted by molar-refractivity contribution is 9.10. The van der Waals surface area contributed by atoms with Gasteiger partial charge in [-0.15, -0.1) is 13.2 Å². The van der Waals surface area contributed by atoms with Gasteiger partial charge in [0.2, 0.25) is 0 Å². The molecule has 0 saturated heterocycles. The molecule has 0 spiro atoms. The number of hydrogen-bond donors (Lipinski definition) is 0. The normalized spacial score (nSPS) is 11.3. The molecule has 4 atom stereocenters. The molecule has 6 aromatic heterocycles. The van der Waals surface area contributed by atoms with Gasteiger partial charge in [-0.2, -0.15) is 0 Å². The summed E-state index contributed by atoms with van der Waals surface area (Å²) in [7, 11) is 0. The molecule has 0 saturated carbocycles. The summed E-state index contributed by atoms with van der Waals surface area (Å²) < 4.78 is 74.5. The summed E-state index contributed by atoms with van der Waals surface area (Å²) in [6, 6.07) is 61.3. The standard InChI is InChI=1S/C20H26O3.C19H23BrO4.C19H24O4.C19H24O2.C14H20O2.C12H17BrO2.C12H18O2.C7H14.2C2H6/c1-4-15(2)14-22-10-6-9-20-19(12-18(13-21)23-20)17-8-5-7-16(3)11-17;1-2-16(23-13-15-7-4-3-5-8-15)14-22-10-6-9-19-18(20)11-17(12-21)24-19;1-2-17(22-14-16-7-4-3-5-8-16)15-21-12-6-9-18-10-11-19(13-20)23-18;1-3-4-5-6-7-11-19-18(13-17(14-20)21-19)16-10-8-9-15(2)12-16;1-3-10-15-12-14(4-2)16-11-13-8-6-5-7-9-13;1-2-3-4-5-6-7-12-11(13)8-10(9-14)15-12;1-2-3-4-5-6-7-11-8-9-12(10-13)14-11;1-3-5-7-6-4-2;2*1-2/h5,7-8,11-13,15H,4,6,9-10,14H2,1-3H3;3-5,7-8,11-12,16H,2,6,9-10,13-14H2,1H3;3-5,7-8,10-11,13,17H,2,6,9,12,14-15H2,1H3;8-10,12-14H,3-7,11H2,1-2H3;3,5-9,14H,1,4,10-12H2,2H3;8-9H,2-7H2,1H3;8-10H,2-7H2,1H3;3H,1,4-7H2,2H3;2*1-2H3/t15-;16-;17-;;14-;;;;;/m111.1...../s1. The highest BCUT2D eigenvalue weighted by Gasteiger charge is 2.18. The van der Waals surface area contributed by atoms with Gasteiger partial charge in [-0.25, -0.2) is 0 Å². The predicted octanol–water partition coefficient (Wildman–Crippen LogP) is 35.4. The SMILES string of the molecule is C=CCCCCC.C=CCOC[C@@H](CC)OCc1ccccc1.CC.CC.CCCCCCCc1ccc(C=O)o1.CCCCCCCc1oc(C=O)cc1-c1cccc(C)c1.CCCCCCCc1oc(C=O)cc1Br.CC[C@@H](C)COCCCc1oc(C=O)cc1-c1cccc(C)c1.CC[C@H](COCCCc1ccc(C=O)o1)OCc1ccccc1.CC[C@H](COCCCc1oc(C=O)cc1Br)OCc1ccccc1. The number of carbonyl (C=O) groups is 6. The van der Waals surface area contributed by atoms with Gasteiger partial charge >= 0.3 is 0 Å². The molecule has 810 valence electrons. The van der Waals surface area contributed by atoms with Crippen LogP contribution in [0.3, 0.4) is 0 Å². The van der Waals surface area contributed by atoms with Crippen molar-refractivity contribution in [3.05, 3.63) is 319 Å². The Kier molecular flexibility index (Phi) is 81.4. The molecule has 0 unspecified atom stereocenters. The van der Waals surface area contributed by atoms with Gasteiger partial charge in [0.25, 0.3) is 0 Å². The molecule has 21 heteroatoms. The summed E-state index contributed by atoms with van der Waals surface area (Å²) in [6.07, 6.45) is 44.0. The number of carbonyl (C=O) groups excluding carboxylic acids is 6. The van der Waals surface area contributed by atoms with Crippen molar-refractivity contribution in [2.24, 2.45) is 5.92 Å². The molecule has 0 aliphatic carbocycles. The molecule has 0 radical (unpaired) electrons. The lowest BCUT2D eigenvalue weighted by Crippen LogP contribution is -2.19. The first-order valence-corrected chi connectivity index (χ1v) is 55.8. The molecule has 0 aliphatic heterocycles. The Morgan fingerprint density at radius 3 is 0.966 bits per heavy atom. The van der Waals surface area contributed by atoms with Crippen molar-refractivity contribution in [1.82, 2.24) is 0 Å². The third-order valence-corrected chi connectivity index (χ3v) is 24.5. The molecule has 5 aromatic carbocycles. The Hall–Kier alpha value is -10.0. The van der Waals surface area contributed by atoms with Gasteiger partial charge in [0.05, 0.1) is 73.5 Å². The maximum Gasteiger partial charge on any atom is 0.185 e. The molecule has 0 aliphatic rings. The lowest BCUT2D eigenvalue weighted by Gasteiger charge is -2.16. The first-order chi connectivity index (χ1) is 71.8. The lowest BCUT2D eigenvalue weighted by atomic mass is 10.0. The van der Waals surface area contributed by atoms with Crippen LogP contribution in [0, 0.1) is 19.8 Å². The van der Waals surface area contributed by atoms with Gasteiger partial charge in [-0.3, -0.25) is 28.8 Å². The van der Waals surface area contributed by atoms with Gasteiger partial charge in [-0.1, -0.05) is 349 Å². The lowest BCUT2D eigenvalue weighted by molar-refractivity contribution is -0.0267. The Labute approximate surface area is 899 Å². The van der Waals surface area contributed by atoms with Gasteiger partial charge < -0.3 is 59.7 Å². The average Bonchev–Trinajstić information content (AvgIpc) is 1.69. The maximum atomic E-state index is 11.0. The minimum atomic E-state index is 0.0993. The van der Waals surface area contributed by atoms with E-state index in [2.05, 4.69) is 194 Å². The zero-order valence-electron chi connectivity index (χ0n) is 91.7. The fourth-order valence-corrected chi connectivity index (χ4v) is 15.6. The first kappa shape index (κ1) is 133. The Morgan fingerprint density at radius 1 is 0.306 bits per heavy atom. The van der Waals surface area contributed by atoms with E-state index in [0.717, 1.165) is 207 Å². The quantitative estimate of drug-likeness (QED) is 0.0195. The van der Waals surface area contributed by atoms with Crippen molar-refractivity contribution >= 4 is 69.6 Å².